The number of rotatable bonds is 1. The zero-order chi connectivity index (χ0) is 10.1. The SMILES string of the molecule is Cc1ccc(-c2csc(N)n2)cc1C.Cl. The van der Waals surface area contributed by atoms with Gasteiger partial charge >= 0.3 is 0 Å². The third kappa shape index (κ3) is 2.49. The van der Waals surface area contributed by atoms with Gasteiger partial charge in [-0.15, -0.1) is 23.7 Å². The lowest BCUT2D eigenvalue weighted by Crippen LogP contribution is -1.85. The summed E-state index contributed by atoms with van der Waals surface area (Å²) >= 11 is 1.48. The van der Waals surface area contributed by atoms with Crippen molar-refractivity contribution in [1.29, 1.82) is 0 Å². The number of halogens is 1. The second-order valence-corrected chi connectivity index (χ2v) is 4.26. The lowest BCUT2D eigenvalue weighted by atomic mass is 10.1. The van der Waals surface area contributed by atoms with E-state index in [-0.39, 0.29) is 12.4 Å². The first-order valence-electron chi connectivity index (χ1n) is 4.45. The second kappa shape index (κ2) is 4.64. The van der Waals surface area contributed by atoms with E-state index in [4.69, 9.17) is 5.73 Å². The van der Waals surface area contributed by atoms with E-state index in [1.807, 2.05) is 5.38 Å². The molecule has 0 unspecified atom stereocenters. The minimum absolute atomic E-state index is 0. The van der Waals surface area contributed by atoms with Gasteiger partial charge in [0.15, 0.2) is 5.13 Å². The number of nitrogens with zero attached hydrogens (tertiary/aromatic N) is 1. The summed E-state index contributed by atoms with van der Waals surface area (Å²) in [7, 11) is 0. The van der Waals surface area contributed by atoms with Crippen LogP contribution in [0.3, 0.4) is 0 Å². The number of hydrogen-bond acceptors (Lipinski definition) is 3. The van der Waals surface area contributed by atoms with Crippen LogP contribution in [0.25, 0.3) is 11.3 Å². The molecule has 2 aromatic rings. The molecule has 0 atom stereocenters. The lowest BCUT2D eigenvalue weighted by molar-refractivity contribution is 1.32. The van der Waals surface area contributed by atoms with Crippen molar-refractivity contribution < 1.29 is 0 Å². The normalized spacial score (nSPS) is 9.73. The van der Waals surface area contributed by atoms with Crippen molar-refractivity contribution in [2.24, 2.45) is 0 Å². The van der Waals surface area contributed by atoms with Gasteiger partial charge in [-0.2, -0.15) is 0 Å². The molecule has 1 heterocycles. The maximum atomic E-state index is 5.59. The van der Waals surface area contributed by atoms with Crippen LogP contribution in [-0.2, 0) is 0 Å². The first-order chi connectivity index (χ1) is 6.66. The van der Waals surface area contributed by atoms with Crippen LogP contribution < -0.4 is 5.73 Å². The summed E-state index contributed by atoms with van der Waals surface area (Å²) in [4.78, 5) is 4.25. The number of thiazole rings is 1. The average Bonchev–Trinajstić information content (AvgIpc) is 2.57. The quantitative estimate of drug-likeness (QED) is 0.830. The zero-order valence-corrected chi connectivity index (χ0v) is 10.3. The van der Waals surface area contributed by atoms with Crippen LogP contribution in [0, 0.1) is 13.8 Å². The van der Waals surface area contributed by atoms with Crippen molar-refractivity contribution in [3.8, 4) is 11.3 Å². The van der Waals surface area contributed by atoms with Crippen LogP contribution in [0.4, 0.5) is 5.13 Å². The third-order valence-corrected chi connectivity index (χ3v) is 3.00. The van der Waals surface area contributed by atoms with Crippen molar-refractivity contribution in [2.45, 2.75) is 13.8 Å². The fourth-order valence-corrected chi connectivity index (χ4v) is 1.89. The van der Waals surface area contributed by atoms with Crippen LogP contribution in [0.2, 0.25) is 0 Å². The standard InChI is InChI=1S/C11H12N2S.ClH/c1-7-3-4-9(5-8(7)2)10-6-14-11(12)13-10;/h3-6H,1-2H3,(H2,12,13);1H. The highest BCUT2D eigenvalue weighted by Gasteiger charge is 2.03. The van der Waals surface area contributed by atoms with E-state index in [9.17, 15) is 0 Å². The van der Waals surface area contributed by atoms with Crippen molar-refractivity contribution in [2.75, 3.05) is 5.73 Å². The molecule has 0 radical (unpaired) electrons. The minimum Gasteiger partial charge on any atom is -0.375 e. The summed E-state index contributed by atoms with van der Waals surface area (Å²) in [6, 6.07) is 6.33. The summed E-state index contributed by atoms with van der Waals surface area (Å²) in [5, 5.41) is 2.61. The molecule has 2 rings (SSSR count). The molecular formula is C11H13ClN2S. The zero-order valence-electron chi connectivity index (χ0n) is 8.65. The Hall–Kier alpha value is -1.06. The van der Waals surface area contributed by atoms with Gasteiger partial charge in [0.1, 0.15) is 0 Å². The Morgan fingerprint density at radius 1 is 1.20 bits per heavy atom. The minimum atomic E-state index is 0. The largest absolute Gasteiger partial charge is 0.375 e. The number of aryl methyl sites for hydroxylation is 2. The van der Waals surface area contributed by atoms with Gasteiger partial charge in [0.2, 0.25) is 0 Å². The molecule has 0 saturated heterocycles. The first kappa shape index (κ1) is 12.0. The Balaban J connectivity index is 0.00000112. The number of hydrogen-bond donors (Lipinski definition) is 1. The highest BCUT2D eigenvalue weighted by Crippen LogP contribution is 2.24. The molecule has 15 heavy (non-hydrogen) atoms. The third-order valence-electron chi connectivity index (χ3n) is 2.32. The van der Waals surface area contributed by atoms with Crippen LogP contribution in [0.1, 0.15) is 11.1 Å². The molecule has 2 nitrogen and oxygen atoms in total. The van der Waals surface area contributed by atoms with Gasteiger partial charge in [-0.05, 0) is 31.0 Å². The van der Waals surface area contributed by atoms with Crippen LogP contribution in [0.15, 0.2) is 23.6 Å². The highest BCUT2D eigenvalue weighted by molar-refractivity contribution is 7.13. The molecule has 4 heteroatoms. The smallest absolute Gasteiger partial charge is 0.180 e. The summed E-state index contributed by atoms with van der Waals surface area (Å²) in [6.07, 6.45) is 0. The molecule has 1 aromatic heterocycles. The molecule has 0 aliphatic carbocycles. The molecule has 0 saturated carbocycles. The Morgan fingerprint density at radius 2 is 1.93 bits per heavy atom. The Labute approximate surface area is 99.6 Å². The molecular weight excluding hydrogens is 228 g/mol. The van der Waals surface area contributed by atoms with E-state index in [0.717, 1.165) is 11.3 Å². The van der Waals surface area contributed by atoms with Crippen LogP contribution >= 0.6 is 23.7 Å². The Bertz CT molecular complexity index is 465. The lowest BCUT2D eigenvalue weighted by Gasteiger charge is -2.01. The second-order valence-electron chi connectivity index (χ2n) is 3.37. The number of nitrogen functional groups attached to an aromatic ring is 1. The van der Waals surface area contributed by atoms with Crippen molar-refractivity contribution >= 4 is 28.9 Å². The van der Waals surface area contributed by atoms with Gasteiger partial charge in [0.25, 0.3) is 0 Å². The number of anilines is 1. The monoisotopic (exact) mass is 240 g/mol. The van der Waals surface area contributed by atoms with Crippen molar-refractivity contribution in [1.82, 2.24) is 4.98 Å². The summed E-state index contributed by atoms with van der Waals surface area (Å²) in [6.45, 7) is 4.21. The highest BCUT2D eigenvalue weighted by atomic mass is 35.5. The van der Waals surface area contributed by atoms with E-state index in [1.54, 1.807) is 0 Å². The van der Waals surface area contributed by atoms with E-state index >= 15 is 0 Å². The summed E-state index contributed by atoms with van der Waals surface area (Å²) in [5.41, 5.74) is 10.3. The molecule has 0 spiro atoms. The van der Waals surface area contributed by atoms with Crippen LogP contribution in [-0.4, -0.2) is 4.98 Å². The van der Waals surface area contributed by atoms with Gasteiger partial charge in [-0.3, -0.25) is 0 Å². The maximum absolute atomic E-state index is 5.59. The first-order valence-corrected chi connectivity index (χ1v) is 5.33. The van der Waals surface area contributed by atoms with Gasteiger partial charge in [0, 0.05) is 10.9 Å². The molecule has 2 N–H and O–H groups in total. The topological polar surface area (TPSA) is 38.9 Å². The van der Waals surface area contributed by atoms with E-state index in [1.165, 1.54) is 22.5 Å². The predicted octanol–water partition coefficient (Wildman–Crippen LogP) is 3.43. The number of aromatic nitrogens is 1. The molecule has 1 aromatic carbocycles. The van der Waals surface area contributed by atoms with Crippen molar-refractivity contribution in [3.63, 3.8) is 0 Å². The van der Waals surface area contributed by atoms with Gasteiger partial charge in [0.05, 0.1) is 5.69 Å². The van der Waals surface area contributed by atoms with Gasteiger partial charge in [-0.25, -0.2) is 4.98 Å². The predicted molar refractivity (Wildman–Crippen MR) is 68.7 cm³/mol. The van der Waals surface area contributed by atoms with Gasteiger partial charge in [-0.1, -0.05) is 12.1 Å². The van der Waals surface area contributed by atoms with E-state index < -0.39 is 0 Å². The molecule has 0 bridgehead atoms. The molecule has 0 aliphatic heterocycles. The molecule has 80 valence electrons. The Kier molecular flexibility index (Phi) is 3.72. The van der Waals surface area contributed by atoms with Gasteiger partial charge < -0.3 is 5.73 Å². The number of benzene rings is 1. The van der Waals surface area contributed by atoms with E-state index in [0.29, 0.717) is 5.13 Å². The average molecular weight is 241 g/mol. The Morgan fingerprint density at radius 3 is 2.47 bits per heavy atom. The number of nitrogens with two attached hydrogens (primary N) is 1. The van der Waals surface area contributed by atoms with E-state index in [2.05, 4.69) is 37.0 Å². The maximum Gasteiger partial charge on any atom is 0.180 e. The van der Waals surface area contributed by atoms with Crippen LogP contribution in [0.5, 0.6) is 0 Å². The fourth-order valence-electron chi connectivity index (χ4n) is 1.32. The van der Waals surface area contributed by atoms with Crippen molar-refractivity contribution in [3.05, 3.63) is 34.7 Å². The molecule has 0 fully saturated rings. The summed E-state index contributed by atoms with van der Waals surface area (Å²) in [5.74, 6) is 0. The summed E-state index contributed by atoms with van der Waals surface area (Å²) < 4.78 is 0. The molecule has 0 aliphatic rings. The fraction of sp³-hybridized carbons (Fsp3) is 0.182. The molecule has 0 amide bonds.